The Balaban J connectivity index is 2.43. The monoisotopic (exact) mass is 290 g/mol. The van der Waals surface area contributed by atoms with Crippen LogP contribution in [0.4, 0.5) is 5.69 Å². The van der Waals surface area contributed by atoms with Crippen molar-refractivity contribution in [2.75, 3.05) is 4.72 Å². The van der Waals surface area contributed by atoms with E-state index in [1.807, 2.05) is 19.1 Å². The number of para-hydroxylation sites is 1. The molecule has 0 aliphatic rings. The quantitative estimate of drug-likeness (QED) is 0.909. The van der Waals surface area contributed by atoms with Crippen LogP contribution in [-0.2, 0) is 16.6 Å². The van der Waals surface area contributed by atoms with E-state index in [0.29, 0.717) is 16.1 Å². The van der Waals surface area contributed by atoms with Crippen LogP contribution >= 0.6 is 0 Å². The Kier molecular flexibility index (Phi) is 4.11. The lowest BCUT2D eigenvalue weighted by Crippen LogP contribution is -2.16. The summed E-state index contributed by atoms with van der Waals surface area (Å²) in [4.78, 5) is 0.296. The molecule has 2 aromatic carbocycles. The number of aryl methyl sites for hydroxylation is 2. The van der Waals surface area contributed by atoms with Crippen LogP contribution in [0.3, 0.4) is 0 Å². The Bertz CT molecular complexity index is 724. The van der Waals surface area contributed by atoms with Gasteiger partial charge in [-0.2, -0.15) is 0 Å². The molecule has 0 heterocycles. The number of nitrogens with two attached hydrogens (primary N) is 1. The molecule has 4 nitrogen and oxygen atoms in total. The standard InChI is InChI=1S/C15H18N2O2S/c1-11-7-8-12(2)15(9-11)20(18,19)17-14-6-4-3-5-13(14)10-16/h3-9,17H,10,16H2,1-2H3. The van der Waals surface area contributed by atoms with Crippen molar-refractivity contribution >= 4 is 15.7 Å². The molecule has 0 aliphatic carbocycles. The maximum Gasteiger partial charge on any atom is 0.262 e. The average Bonchev–Trinajstić information content (AvgIpc) is 2.41. The van der Waals surface area contributed by atoms with E-state index in [4.69, 9.17) is 5.73 Å². The highest BCUT2D eigenvalue weighted by Crippen LogP contribution is 2.22. The number of benzene rings is 2. The zero-order chi connectivity index (χ0) is 14.8. The fourth-order valence-corrected chi connectivity index (χ4v) is 3.43. The topological polar surface area (TPSA) is 72.2 Å². The van der Waals surface area contributed by atoms with Gasteiger partial charge in [-0.25, -0.2) is 8.42 Å². The van der Waals surface area contributed by atoms with Gasteiger partial charge in [-0.1, -0.05) is 30.3 Å². The van der Waals surface area contributed by atoms with Crippen LogP contribution in [0, 0.1) is 13.8 Å². The second kappa shape index (κ2) is 5.64. The van der Waals surface area contributed by atoms with E-state index in [1.54, 1.807) is 37.3 Å². The zero-order valence-corrected chi connectivity index (χ0v) is 12.4. The fourth-order valence-electron chi connectivity index (χ4n) is 1.99. The van der Waals surface area contributed by atoms with Gasteiger partial charge in [0, 0.05) is 6.54 Å². The first-order chi connectivity index (χ1) is 9.44. The van der Waals surface area contributed by atoms with Gasteiger partial charge in [0.1, 0.15) is 0 Å². The number of hydrogen-bond donors (Lipinski definition) is 2. The van der Waals surface area contributed by atoms with Crippen molar-refractivity contribution in [1.82, 2.24) is 0 Å². The Morgan fingerprint density at radius 2 is 1.80 bits per heavy atom. The molecule has 106 valence electrons. The van der Waals surface area contributed by atoms with E-state index in [9.17, 15) is 8.42 Å². The maximum absolute atomic E-state index is 12.5. The van der Waals surface area contributed by atoms with Gasteiger partial charge in [0.15, 0.2) is 0 Å². The third-order valence-corrected chi connectivity index (χ3v) is 4.62. The van der Waals surface area contributed by atoms with Crippen LogP contribution in [0.5, 0.6) is 0 Å². The number of hydrogen-bond acceptors (Lipinski definition) is 3. The van der Waals surface area contributed by atoms with Crippen LogP contribution < -0.4 is 10.5 Å². The Hall–Kier alpha value is -1.85. The molecule has 0 saturated heterocycles. The van der Waals surface area contributed by atoms with Crippen molar-refractivity contribution < 1.29 is 8.42 Å². The van der Waals surface area contributed by atoms with Gasteiger partial charge >= 0.3 is 0 Å². The molecule has 0 aromatic heterocycles. The molecule has 0 saturated carbocycles. The van der Waals surface area contributed by atoms with E-state index in [1.165, 1.54) is 0 Å². The van der Waals surface area contributed by atoms with E-state index >= 15 is 0 Å². The van der Waals surface area contributed by atoms with Crippen LogP contribution in [-0.4, -0.2) is 8.42 Å². The van der Waals surface area contributed by atoms with Gasteiger partial charge in [0.05, 0.1) is 10.6 Å². The highest BCUT2D eigenvalue weighted by Gasteiger charge is 2.18. The molecule has 5 heteroatoms. The highest BCUT2D eigenvalue weighted by molar-refractivity contribution is 7.92. The zero-order valence-electron chi connectivity index (χ0n) is 11.6. The number of nitrogens with one attached hydrogen (secondary N) is 1. The molecule has 0 bridgehead atoms. The van der Waals surface area contributed by atoms with Crippen LogP contribution in [0.15, 0.2) is 47.4 Å². The van der Waals surface area contributed by atoms with Crippen molar-refractivity contribution in [2.24, 2.45) is 5.73 Å². The summed E-state index contributed by atoms with van der Waals surface area (Å²) in [7, 11) is -3.60. The summed E-state index contributed by atoms with van der Waals surface area (Å²) < 4.78 is 27.6. The minimum absolute atomic E-state index is 0.283. The van der Waals surface area contributed by atoms with Crippen molar-refractivity contribution in [3.05, 3.63) is 59.2 Å². The number of sulfonamides is 1. The average molecular weight is 290 g/mol. The van der Waals surface area contributed by atoms with Crippen molar-refractivity contribution in [2.45, 2.75) is 25.3 Å². The second-order valence-corrected chi connectivity index (χ2v) is 6.39. The molecule has 2 aromatic rings. The van der Waals surface area contributed by atoms with E-state index in [-0.39, 0.29) is 6.54 Å². The summed E-state index contributed by atoms with van der Waals surface area (Å²) in [5.41, 5.74) is 8.54. The molecule has 0 fully saturated rings. The summed E-state index contributed by atoms with van der Waals surface area (Å²) >= 11 is 0. The van der Waals surface area contributed by atoms with Crippen molar-refractivity contribution in [3.63, 3.8) is 0 Å². The van der Waals surface area contributed by atoms with Gasteiger partial charge < -0.3 is 5.73 Å². The first-order valence-electron chi connectivity index (χ1n) is 6.32. The molecule has 0 radical (unpaired) electrons. The lowest BCUT2D eigenvalue weighted by Gasteiger charge is -2.13. The SMILES string of the molecule is Cc1ccc(C)c(S(=O)(=O)Nc2ccccc2CN)c1. The summed E-state index contributed by atoms with van der Waals surface area (Å²) in [6.45, 7) is 3.93. The Morgan fingerprint density at radius 3 is 2.50 bits per heavy atom. The molecular weight excluding hydrogens is 272 g/mol. The van der Waals surface area contributed by atoms with Gasteiger partial charge in [-0.15, -0.1) is 0 Å². The summed E-state index contributed by atoms with van der Waals surface area (Å²) in [6, 6.07) is 12.5. The molecule has 0 aliphatic heterocycles. The third kappa shape index (κ3) is 3.00. The first-order valence-corrected chi connectivity index (χ1v) is 7.80. The molecule has 2 rings (SSSR count). The number of anilines is 1. The molecule has 20 heavy (non-hydrogen) atoms. The predicted octanol–water partition coefficient (Wildman–Crippen LogP) is 2.56. The predicted molar refractivity (Wildman–Crippen MR) is 81.1 cm³/mol. The Morgan fingerprint density at radius 1 is 1.10 bits per heavy atom. The lowest BCUT2D eigenvalue weighted by molar-refractivity contribution is 0.600. The molecule has 0 unspecified atom stereocenters. The van der Waals surface area contributed by atoms with Gasteiger partial charge in [0.25, 0.3) is 10.0 Å². The van der Waals surface area contributed by atoms with Crippen LogP contribution in [0.1, 0.15) is 16.7 Å². The summed E-state index contributed by atoms with van der Waals surface area (Å²) in [5.74, 6) is 0. The first kappa shape index (κ1) is 14.6. The summed E-state index contributed by atoms with van der Waals surface area (Å²) in [5, 5.41) is 0. The molecule has 0 atom stereocenters. The minimum Gasteiger partial charge on any atom is -0.326 e. The normalized spacial score (nSPS) is 11.3. The molecule has 0 amide bonds. The smallest absolute Gasteiger partial charge is 0.262 e. The second-order valence-electron chi connectivity index (χ2n) is 4.74. The fraction of sp³-hybridized carbons (Fsp3) is 0.200. The minimum atomic E-state index is -3.60. The largest absolute Gasteiger partial charge is 0.326 e. The van der Waals surface area contributed by atoms with E-state index < -0.39 is 10.0 Å². The lowest BCUT2D eigenvalue weighted by atomic mass is 10.2. The van der Waals surface area contributed by atoms with E-state index in [0.717, 1.165) is 11.1 Å². The molecule has 3 N–H and O–H groups in total. The molecular formula is C15H18N2O2S. The third-order valence-electron chi connectivity index (χ3n) is 3.11. The maximum atomic E-state index is 12.5. The van der Waals surface area contributed by atoms with Gasteiger partial charge in [-0.05, 0) is 42.7 Å². The van der Waals surface area contributed by atoms with Crippen LogP contribution in [0.2, 0.25) is 0 Å². The highest BCUT2D eigenvalue weighted by atomic mass is 32.2. The van der Waals surface area contributed by atoms with Gasteiger partial charge in [0.2, 0.25) is 0 Å². The molecule has 0 spiro atoms. The Labute approximate surface area is 119 Å². The van der Waals surface area contributed by atoms with Crippen LogP contribution in [0.25, 0.3) is 0 Å². The number of rotatable bonds is 4. The van der Waals surface area contributed by atoms with E-state index in [2.05, 4.69) is 4.72 Å². The van der Waals surface area contributed by atoms with Crippen molar-refractivity contribution in [3.8, 4) is 0 Å². The summed E-state index contributed by atoms with van der Waals surface area (Å²) in [6.07, 6.45) is 0. The van der Waals surface area contributed by atoms with Gasteiger partial charge in [-0.3, -0.25) is 4.72 Å². The van der Waals surface area contributed by atoms with Crippen molar-refractivity contribution in [1.29, 1.82) is 0 Å².